The molecule has 0 radical (unpaired) electrons. The van der Waals surface area contributed by atoms with Crippen LogP contribution in [0.2, 0.25) is 0 Å². The van der Waals surface area contributed by atoms with Gasteiger partial charge in [0.25, 0.3) is 0 Å². The molecule has 0 bridgehead atoms. The third-order valence-electron chi connectivity index (χ3n) is 4.17. The van der Waals surface area contributed by atoms with E-state index in [-0.39, 0.29) is 23.6 Å². The molecule has 2 atom stereocenters. The van der Waals surface area contributed by atoms with Gasteiger partial charge >= 0.3 is 5.97 Å². The molecular weight excluding hydrogens is 296 g/mol. The van der Waals surface area contributed by atoms with E-state index in [4.69, 9.17) is 14.2 Å². The molecule has 2 aromatic rings. The second-order valence-corrected chi connectivity index (χ2v) is 5.42. The number of phenolic OH excluding ortho intramolecular Hbond substituents is 1. The zero-order valence-electron chi connectivity index (χ0n) is 13.0. The average molecular weight is 314 g/mol. The molecule has 5 heteroatoms. The minimum atomic E-state index is -0.379. The van der Waals surface area contributed by atoms with Crippen LogP contribution in [0.4, 0.5) is 0 Å². The largest absolute Gasteiger partial charge is 0.504 e. The Morgan fingerprint density at radius 2 is 1.74 bits per heavy atom. The van der Waals surface area contributed by atoms with Crippen molar-refractivity contribution in [3.05, 3.63) is 53.6 Å². The quantitative estimate of drug-likeness (QED) is 0.879. The van der Waals surface area contributed by atoms with Crippen LogP contribution in [0.3, 0.4) is 0 Å². The van der Waals surface area contributed by atoms with Crippen LogP contribution in [0, 0.1) is 0 Å². The Kier molecular flexibility index (Phi) is 4.10. The van der Waals surface area contributed by atoms with Gasteiger partial charge in [0.05, 0.1) is 26.7 Å². The highest BCUT2D eigenvalue weighted by Crippen LogP contribution is 2.41. The molecule has 1 heterocycles. The monoisotopic (exact) mass is 314 g/mol. The van der Waals surface area contributed by atoms with Crippen molar-refractivity contribution in [2.75, 3.05) is 20.8 Å². The SMILES string of the molecule is COc1ccc([C@@H]2C(=O)OC[C@H]2c2ccc(O)c(OC)c2)cc1. The molecule has 0 saturated carbocycles. The van der Waals surface area contributed by atoms with Gasteiger partial charge in [0.1, 0.15) is 5.75 Å². The molecule has 1 aliphatic heterocycles. The van der Waals surface area contributed by atoms with E-state index in [1.54, 1.807) is 25.3 Å². The predicted molar refractivity (Wildman–Crippen MR) is 84.1 cm³/mol. The van der Waals surface area contributed by atoms with Crippen molar-refractivity contribution in [2.45, 2.75) is 11.8 Å². The number of ether oxygens (including phenoxy) is 3. The molecule has 0 unspecified atom stereocenters. The van der Waals surface area contributed by atoms with Crippen molar-refractivity contribution in [3.8, 4) is 17.2 Å². The number of phenols is 1. The fourth-order valence-corrected chi connectivity index (χ4v) is 2.92. The number of rotatable bonds is 4. The van der Waals surface area contributed by atoms with Crippen LogP contribution in [-0.2, 0) is 9.53 Å². The first-order valence-corrected chi connectivity index (χ1v) is 7.31. The van der Waals surface area contributed by atoms with Crippen LogP contribution in [0.15, 0.2) is 42.5 Å². The first kappa shape index (κ1) is 15.2. The van der Waals surface area contributed by atoms with Crippen molar-refractivity contribution in [1.82, 2.24) is 0 Å². The lowest BCUT2D eigenvalue weighted by Gasteiger charge is -2.17. The number of aromatic hydroxyl groups is 1. The minimum Gasteiger partial charge on any atom is -0.504 e. The number of carbonyl (C=O) groups is 1. The first-order chi connectivity index (χ1) is 11.1. The number of benzene rings is 2. The van der Waals surface area contributed by atoms with E-state index in [1.807, 2.05) is 24.3 Å². The van der Waals surface area contributed by atoms with Gasteiger partial charge in [0, 0.05) is 5.92 Å². The molecular formula is C18H18O5. The summed E-state index contributed by atoms with van der Waals surface area (Å²) in [5.41, 5.74) is 1.77. The van der Waals surface area contributed by atoms with Gasteiger partial charge in [-0.3, -0.25) is 4.79 Å². The summed E-state index contributed by atoms with van der Waals surface area (Å²) in [4.78, 5) is 12.2. The Labute approximate surface area is 134 Å². The van der Waals surface area contributed by atoms with Crippen molar-refractivity contribution >= 4 is 5.97 Å². The Balaban J connectivity index is 1.96. The van der Waals surface area contributed by atoms with Crippen molar-refractivity contribution in [2.24, 2.45) is 0 Å². The Morgan fingerprint density at radius 3 is 2.39 bits per heavy atom. The van der Waals surface area contributed by atoms with Crippen LogP contribution in [0.5, 0.6) is 17.2 Å². The lowest BCUT2D eigenvalue weighted by atomic mass is 9.83. The summed E-state index contributed by atoms with van der Waals surface area (Å²) in [5, 5.41) is 9.73. The fourth-order valence-electron chi connectivity index (χ4n) is 2.92. The number of methoxy groups -OCH3 is 2. The third kappa shape index (κ3) is 2.82. The maximum atomic E-state index is 12.2. The van der Waals surface area contributed by atoms with E-state index >= 15 is 0 Å². The lowest BCUT2D eigenvalue weighted by Crippen LogP contribution is -2.12. The number of cyclic esters (lactones) is 1. The molecule has 0 aliphatic carbocycles. The summed E-state index contributed by atoms with van der Waals surface area (Å²) in [6, 6.07) is 12.5. The molecule has 0 amide bonds. The molecule has 120 valence electrons. The number of hydrogen-bond donors (Lipinski definition) is 1. The van der Waals surface area contributed by atoms with Gasteiger partial charge in [-0.2, -0.15) is 0 Å². The highest BCUT2D eigenvalue weighted by Gasteiger charge is 2.39. The van der Waals surface area contributed by atoms with Gasteiger partial charge < -0.3 is 19.3 Å². The second kappa shape index (κ2) is 6.20. The summed E-state index contributed by atoms with van der Waals surface area (Å²) in [5.74, 6) is 0.452. The summed E-state index contributed by atoms with van der Waals surface area (Å²) in [7, 11) is 3.10. The van der Waals surface area contributed by atoms with Crippen LogP contribution < -0.4 is 9.47 Å². The molecule has 5 nitrogen and oxygen atoms in total. The van der Waals surface area contributed by atoms with Crippen LogP contribution in [0.25, 0.3) is 0 Å². The number of esters is 1. The van der Waals surface area contributed by atoms with Gasteiger partial charge in [-0.1, -0.05) is 18.2 Å². The molecule has 0 aromatic heterocycles. The highest BCUT2D eigenvalue weighted by molar-refractivity contribution is 5.82. The predicted octanol–water partition coefficient (Wildman–Crippen LogP) is 2.83. The molecule has 1 aliphatic rings. The maximum Gasteiger partial charge on any atom is 0.314 e. The van der Waals surface area contributed by atoms with Gasteiger partial charge in [0.15, 0.2) is 11.5 Å². The van der Waals surface area contributed by atoms with Gasteiger partial charge in [-0.15, -0.1) is 0 Å². The van der Waals surface area contributed by atoms with E-state index in [0.717, 1.165) is 16.9 Å². The summed E-state index contributed by atoms with van der Waals surface area (Å²) < 4.78 is 15.6. The zero-order valence-corrected chi connectivity index (χ0v) is 13.0. The molecule has 23 heavy (non-hydrogen) atoms. The molecule has 0 spiro atoms. The fraction of sp³-hybridized carbons (Fsp3) is 0.278. The Bertz CT molecular complexity index is 708. The lowest BCUT2D eigenvalue weighted by molar-refractivity contribution is -0.139. The highest BCUT2D eigenvalue weighted by atomic mass is 16.5. The Morgan fingerprint density at radius 1 is 1.04 bits per heavy atom. The van der Waals surface area contributed by atoms with Crippen molar-refractivity contribution < 1.29 is 24.1 Å². The first-order valence-electron chi connectivity index (χ1n) is 7.31. The van der Waals surface area contributed by atoms with Crippen LogP contribution in [-0.4, -0.2) is 31.9 Å². The van der Waals surface area contributed by atoms with Gasteiger partial charge in [-0.25, -0.2) is 0 Å². The van der Waals surface area contributed by atoms with E-state index in [0.29, 0.717) is 12.4 Å². The van der Waals surface area contributed by atoms with E-state index in [9.17, 15) is 9.90 Å². The van der Waals surface area contributed by atoms with Crippen LogP contribution >= 0.6 is 0 Å². The van der Waals surface area contributed by atoms with E-state index < -0.39 is 0 Å². The maximum absolute atomic E-state index is 12.2. The van der Waals surface area contributed by atoms with Crippen molar-refractivity contribution in [1.29, 1.82) is 0 Å². The minimum absolute atomic E-state index is 0.0717. The second-order valence-electron chi connectivity index (χ2n) is 5.42. The topological polar surface area (TPSA) is 65.0 Å². The normalized spacial score (nSPS) is 20.2. The Hall–Kier alpha value is -2.69. The standard InChI is InChI=1S/C18H18O5/c1-21-13-6-3-11(4-7-13)17-14(10-23-18(17)20)12-5-8-15(19)16(9-12)22-2/h3-9,14,17,19H,10H2,1-2H3/t14-,17-/m0/s1. The van der Waals surface area contributed by atoms with E-state index in [1.165, 1.54) is 7.11 Å². The summed E-state index contributed by atoms with van der Waals surface area (Å²) in [6.07, 6.45) is 0. The molecule has 1 N–H and O–H groups in total. The number of carbonyl (C=O) groups excluding carboxylic acids is 1. The summed E-state index contributed by atoms with van der Waals surface area (Å²) >= 11 is 0. The summed E-state index contributed by atoms with van der Waals surface area (Å²) in [6.45, 7) is 0.309. The smallest absolute Gasteiger partial charge is 0.314 e. The molecule has 2 aromatic carbocycles. The van der Waals surface area contributed by atoms with Crippen molar-refractivity contribution in [3.63, 3.8) is 0 Å². The third-order valence-corrected chi connectivity index (χ3v) is 4.17. The molecule has 1 saturated heterocycles. The van der Waals surface area contributed by atoms with E-state index in [2.05, 4.69) is 0 Å². The molecule has 3 rings (SSSR count). The zero-order chi connectivity index (χ0) is 16.4. The van der Waals surface area contributed by atoms with Crippen LogP contribution in [0.1, 0.15) is 23.0 Å². The number of hydrogen-bond acceptors (Lipinski definition) is 5. The van der Waals surface area contributed by atoms with Gasteiger partial charge in [0.2, 0.25) is 0 Å². The average Bonchev–Trinajstić information content (AvgIpc) is 2.97. The van der Waals surface area contributed by atoms with Gasteiger partial charge in [-0.05, 0) is 35.4 Å². The molecule has 1 fully saturated rings.